The van der Waals surface area contributed by atoms with E-state index >= 15 is 0 Å². The second-order valence-electron chi connectivity index (χ2n) is 5.08. The Balaban J connectivity index is 1.93. The lowest BCUT2D eigenvalue weighted by molar-refractivity contribution is -0.116. The molecule has 0 heterocycles. The molecule has 0 saturated heterocycles. The van der Waals surface area contributed by atoms with E-state index < -0.39 is 10.0 Å². The smallest absolute Gasteiger partial charge is 0.240 e. The Morgan fingerprint density at radius 2 is 1.76 bits per heavy atom. The molecule has 25 heavy (non-hydrogen) atoms. The van der Waals surface area contributed by atoms with E-state index in [-0.39, 0.29) is 23.8 Å². The Bertz CT molecular complexity index is 822. The first kappa shape index (κ1) is 18.8. The monoisotopic (exact) mass is 364 g/mol. The van der Waals surface area contributed by atoms with Gasteiger partial charge in [-0.1, -0.05) is 18.2 Å². The van der Waals surface area contributed by atoms with Gasteiger partial charge in [-0.3, -0.25) is 4.79 Å². The van der Waals surface area contributed by atoms with Crippen LogP contribution in [0.5, 0.6) is 11.5 Å². The van der Waals surface area contributed by atoms with Crippen LogP contribution in [0.3, 0.4) is 0 Å². The first-order chi connectivity index (χ1) is 12.0. The first-order valence-electron chi connectivity index (χ1n) is 7.53. The summed E-state index contributed by atoms with van der Waals surface area (Å²) in [5, 5.41) is 2.68. The summed E-state index contributed by atoms with van der Waals surface area (Å²) in [6, 6.07) is 13.0. The van der Waals surface area contributed by atoms with E-state index in [1.807, 2.05) is 0 Å². The Hall–Kier alpha value is -2.58. The van der Waals surface area contributed by atoms with E-state index in [0.29, 0.717) is 17.2 Å². The fourth-order valence-electron chi connectivity index (χ4n) is 2.11. The molecule has 0 fully saturated rings. The average molecular weight is 364 g/mol. The van der Waals surface area contributed by atoms with Crippen LogP contribution >= 0.6 is 0 Å². The number of sulfonamides is 1. The van der Waals surface area contributed by atoms with Crippen LogP contribution in [0.1, 0.15) is 6.42 Å². The molecule has 0 atom stereocenters. The van der Waals surface area contributed by atoms with Gasteiger partial charge < -0.3 is 14.8 Å². The summed E-state index contributed by atoms with van der Waals surface area (Å²) in [6.45, 7) is -0.0185. The third kappa shape index (κ3) is 5.20. The molecule has 134 valence electrons. The summed E-state index contributed by atoms with van der Waals surface area (Å²) >= 11 is 0. The Morgan fingerprint density at radius 3 is 2.40 bits per heavy atom. The second kappa shape index (κ2) is 8.50. The van der Waals surface area contributed by atoms with Crippen LogP contribution in [0.4, 0.5) is 5.69 Å². The largest absolute Gasteiger partial charge is 0.497 e. The van der Waals surface area contributed by atoms with Crippen molar-refractivity contribution in [2.45, 2.75) is 11.3 Å². The fraction of sp³-hybridized carbons (Fsp3) is 0.235. The number of ether oxygens (including phenoxy) is 2. The van der Waals surface area contributed by atoms with Crippen molar-refractivity contribution in [2.24, 2.45) is 0 Å². The number of rotatable bonds is 8. The molecular formula is C17H20N2O5S. The minimum atomic E-state index is -3.63. The maximum Gasteiger partial charge on any atom is 0.240 e. The molecule has 2 aromatic rings. The number of amides is 1. The van der Waals surface area contributed by atoms with Gasteiger partial charge in [0, 0.05) is 19.0 Å². The van der Waals surface area contributed by atoms with Crippen LogP contribution in [0.25, 0.3) is 0 Å². The lowest BCUT2D eigenvalue weighted by Crippen LogP contribution is -2.27. The van der Waals surface area contributed by atoms with E-state index in [1.54, 1.807) is 36.4 Å². The van der Waals surface area contributed by atoms with Crippen LogP contribution in [-0.2, 0) is 14.8 Å². The molecule has 0 spiro atoms. The maximum atomic E-state index is 12.1. The minimum absolute atomic E-state index is 0.0185. The van der Waals surface area contributed by atoms with E-state index in [9.17, 15) is 13.2 Å². The Morgan fingerprint density at radius 1 is 1.04 bits per heavy atom. The van der Waals surface area contributed by atoms with E-state index in [4.69, 9.17) is 9.47 Å². The highest BCUT2D eigenvalue weighted by Crippen LogP contribution is 2.28. The molecule has 0 aliphatic rings. The highest BCUT2D eigenvalue weighted by Gasteiger charge is 2.14. The van der Waals surface area contributed by atoms with Gasteiger partial charge in [-0.05, 0) is 24.3 Å². The van der Waals surface area contributed by atoms with Gasteiger partial charge in [0.05, 0.1) is 24.8 Å². The summed E-state index contributed by atoms with van der Waals surface area (Å²) in [5.41, 5.74) is 0.456. The van der Waals surface area contributed by atoms with Crippen LogP contribution in [0.15, 0.2) is 53.4 Å². The fourth-order valence-corrected chi connectivity index (χ4v) is 3.16. The van der Waals surface area contributed by atoms with Crippen molar-refractivity contribution in [3.8, 4) is 11.5 Å². The zero-order valence-corrected chi connectivity index (χ0v) is 14.8. The molecule has 0 radical (unpaired) electrons. The van der Waals surface area contributed by atoms with Gasteiger partial charge >= 0.3 is 0 Å². The SMILES string of the molecule is COc1ccc(OC)c(NC(=O)CCNS(=O)(=O)c2ccccc2)c1. The standard InChI is InChI=1S/C17H20N2O5S/c1-23-13-8-9-16(24-2)15(12-13)19-17(20)10-11-18-25(21,22)14-6-4-3-5-7-14/h3-9,12,18H,10-11H2,1-2H3,(H,19,20). The molecule has 0 saturated carbocycles. The number of carbonyl (C=O) groups excluding carboxylic acids is 1. The number of methoxy groups -OCH3 is 2. The molecular weight excluding hydrogens is 344 g/mol. The van der Waals surface area contributed by atoms with Gasteiger partial charge in [0.15, 0.2) is 0 Å². The van der Waals surface area contributed by atoms with Gasteiger partial charge in [-0.25, -0.2) is 13.1 Å². The third-order valence-corrected chi connectivity index (χ3v) is 4.86. The zero-order valence-electron chi connectivity index (χ0n) is 14.0. The molecule has 7 nitrogen and oxygen atoms in total. The van der Waals surface area contributed by atoms with Crippen molar-refractivity contribution < 1.29 is 22.7 Å². The number of anilines is 1. The van der Waals surface area contributed by atoms with E-state index in [2.05, 4.69) is 10.0 Å². The van der Waals surface area contributed by atoms with Crippen molar-refractivity contribution in [1.29, 1.82) is 0 Å². The first-order valence-corrected chi connectivity index (χ1v) is 9.01. The van der Waals surface area contributed by atoms with Crippen molar-refractivity contribution in [2.75, 3.05) is 26.1 Å². The van der Waals surface area contributed by atoms with Gasteiger partial charge in [0.1, 0.15) is 11.5 Å². The molecule has 8 heteroatoms. The molecule has 0 aliphatic carbocycles. The second-order valence-corrected chi connectivity index (χ2v) is 6.84. The van der Waals surface area contributed by atoms with Crippen LogP contribution < -0.4 is 19.5 Å². The molecule has 2 aromatic carbocycles. The summed E-state index contributed by atoms with van der Waals surface area (Å²) < 4.78 is 36.8. The average Bonchev–Trinajstić information content (AvgIpc) is 2.62. The van der Waals surface area contributed by atoms with Crippen molar-refractivity contribution >= 4 is 21.6 Å². The normalized spacial score (nSPS) is 11.0. The predicted octanol–water partition coefficient (Wildman–Crippen LogP) is 2.01. The van der Waals surface area contributed by atoms with Crippen molar-refractivity contribution in [3.63, 3.8) is 0 Å². The minimum Gasteiger partial charge on any atom is -0.497 e. The van der Waals surface area contributed by atoms with Gasteiger partial charge in [0.2, 0.25) is 15.9 Å². The van der Waals surface area contributed by atoms with E-state index in [0.717, 1.165) is 0 Å². The summed E-state index contributed by atoms with van der Waals surface area (Å²) in [6.07, 6.45) is -0.0214. The van der Waals surface area contributed by atoms with Crippen molar-refractivity contribution in [3.05, 3.63) is 48.5 Å². The molecule has 0 unspecified atom stereocenters. The van der Waals surface area contributed by atoms with Crippen LogP contribution in [0.2, 0.25) is 0 Å². The van der Waals surface area contributed by atoms with Crippen LogP contribution in [0, 0.1) is 0 Å². The van der Waals surface area contributed by atoms with Gasteiger partial charge in [0.25, 0.3) is 0 Å². The lowest BCUT2D eigenvalue weighted by atomic mass is 10.2. The van der Waals surface area contributed by atoms with Crippen molar-refractivity contribution in [1.82, 2.24) is 4.72 Å². The number of benzene rings is 2. The van der Waals surface area contributed by atoms with Gasteiger partial charge in [-0.2, -0.15) is 0 Å². The number of carbonyl (C=O) groups is 1. The van der Waals surface area contributed by atoms with E-state index in [1.165, 1.54) is 26.4 Å². The summed E-state index contributed by atoms with van der Waals surface area (Å²) in [7, 11) is -0.616. The molecule has 0 aliphatic heterocycles. The van der Waals surface area contributed by atoms with Crippen LogP contribution in [-0.4, -0.2) is 35.1 Å². The quantitative estimate of drug-likeness (QED) is 0.747. The Kier molecular flexibility index (Phi) is 6.37. The maximum absolute atomic E-state index is 12.1. The van der Waals surface area contributed by atoms with Gasteiger partial charge in [-0.15, -0.1) is 0 Å². The number of hydrogen-bond acceptors (Lipinski definition) is 5. The molecule has 2 N–H and O–H groups in total. The number of nitrogens with one attached hydrogen (secondary N) is 2. The lowest BCUT2D eigenvalue weighted by Gasteiger charge is -2.12. The zero-order chi connectivity index (χ0) is 18.3. The predicted molar refractivity (Wildman–Crippen MR) is 94.4 cm³/mol. The molecule has 1 amide bonds. The highest BCUT2D eigenvalue weighted by atomic mass is 32.2. The highest BCUT2D eigenvalue weighted by molar-refractivity contribution is 7.89. The molecule has 0 bridgehead atoms. The number of hydrogen-bond donors (Lipinski definition) is 2. The molecule has 0 aromatic heterocycles. The molecule has 2 rings (SSSR count). The summed E-state index contributed by atoms with van der Waals surface area (Å²) in [5.74, 6) is 0.710. The summed E-state index contributed by atoms with van der Waals surface area (Å²) in [4.78, 5) is 12.2. The topological polar surface area (TPSA) is 93.7 Å². The Labute approximate surface area is 147 Å². The third-order valence-electron chi connectivity index (χ3n) is 3.38.